The highest BCUT2D eigenvalue weighted by Crippen LogP contribution is 2.36. The summed E-state index contributed by atoms with van der Waals surface area (Å²) in [5.41, 5.74) is 2.41. The highest BCUT2D eigenvalue weighted by molar-refractivity contribution is 7.89. The van der Waals surface area contributed by atoms with Crippen LogP contribution in [0.15, 0.2) is 33.1 Å². The van der Waals surface area contributed by atoms with Gasteiger partial charge >= 0.3 is 0 Å². The zero-order valence-electron chi connectivity index (χ0n) is 22.8. The Morgan fingerprint density at radius 2 is 1.85 bits per heavy atom. The maximum Gasteiger partial charge on any atom is 0.275 e. The number of hydrogen-bond donors (Lipinski definition) is 0. The Morgan fingerprint density at radius 1 is 1.15 bits per heavy atom. The third kappa shape index (κ3) is 6.19. The van der Waals surface area contributed by atoms with Crippen molar-refractivity contribution in [3.63, 3.8) is 0 Å². The number of likely N-dealkylation sites (tertiary alicyclic amines) is 1. The Labute approximate surface area is 233 Å². The number of carbonyl (C=O) groups excluding carboxylic acids is 1. The van der Waals surface area contributed by atoms with Crippen molar-refractivity contribution in [2.45, 2.75) is 70.1 Å². The number of methoxy groups -OCH3 is 1. The second-order valence-corrected chi connectivity index (χ2v) is 13.1. The molecule has 210 valence electrons. The molecule has 1 amide bonds. The van der Waals surface area contributed by atoms with Crippen molar-refractivity contribution < 1.29 is 22.4 Å². The molecule has 2 aliphatic rings. The standard InChI is InChI=1S/C27H35N5O5S2/c1-18-11-22(36-4)12-19(2)26(18)39(34,35)32(21-7-8-21)14-24-29-23(16-37-24)27(33)30(3)15-25-28-20(17-38-25)13-31-9-5-6-10-31/h11-12,16-17,21H,5-10,13-15H2,1-4H3. The number of aromatic nitrogens is 2. The minimum absolute atomic E-state index is 0.0404. The minimum Gasteiger partial charge on any atom is -0.497 e. The first-order valence-corrected chi connectivity index (χ1v) is 15.5. The van der Waals surface area contributed by atoms with Crippen molar-refractivity contribution in [1.82, 2.24) is 24.1 Å². The molecule has 2 aromatic heterocycles. The zero-order valence-corrected chi connectivity index (χ0v) is 24.5. The van der Waals surface area contributed by atoms with Gasteiger partial charge in [0.25, 0.3) is 5.91 Å². The molecule has 1 aliphatic heterocycles. The van der Waals surface area contributed by atoms with E-state index in [0.29, 0.717) is 23.4 Å². The molecule has 3 aromatic rings. The quantitative estimate of drug-likeness (QED) is 0.339. The Balaban J connectivity index is 1.26. The van der Waals surface area contributed by atoms with Gasteiger partial charge in [0.1, 0.15) is 17.0 Å². The summed E-state index contributed by atoms with van der Waals surface area (Å²) in [6, 6.07) is 3.32. The zero-order chi connectivity index (χ0) is 27.7. The molecular weight excluding hydrogens is 538 g/mol. The van der Waals surface area contributed by atoms with Gasteiger partial charge in [-0.1, -0.05) is 0 Å². The van der Waals surface area contributed by atoms with Gasteiger partial charge in [-0.25, -0.2) is 18.4 Å². The van der Waals surface area contributed by atoms with Crippen LogP contribution in [0.25, 0.3) is 0 Å². The molecule has 0 bridgehead atoms. The topological polar surface area (TPSA) is 109 Å². The van der Waals surface area contributed by atoms with Gasteiger partial charge in [0.15, 0.2) is 5.69 Å². The van der Waals surface area contributed by atoms with E-state index in [4.69, 9.17) is 14.1 Å². The van der Waals surface area contributed by atoms with Crippen LogP contribution in [0.5, 0.6) is 5.75 Å². The molecule has 39 heavy (non-hydrogen) atoms. The molecule has 0 atom stereocenters. The maximum absolute atomic E-state index is 13.8. The number of aryl methyl sites for hydroxylation is 2. The number of carbonyl (C=O) groups is 1. The largest absolute Gasteiger partial charge is 0.497 e. The molecule has 1 saturated heterocycles. The fourth-order valence-corrected chi connectivity index (χ4v) is 7.96. The lowest BCUT2D eigenvalue weighted by Gasteiger charge is -2.23. The molecular formula is C27H35N5O5S2. The first-order chi connectivity index (χ1) is 18.7. The molecule has 5 rings (SSSR count). The minimum atomic E-state index is -3.82. The molecule has 1 saturated carbocycles. The van der Waals surface area contributed by atoms with E-state index in [9.17, 15) is 13.2 Å². The van der Waals surface area contributed by atoms with Crippen LogP contribution >= 0.6 is 11.3 Å². The van der Waals surface area contributed by atoms with Crippen molar-refractivity contribution in [1.29, 1.82) is 0 Å². The maximum atomic E-state index is 13.8. The van der Waals surface area contributed by atoms with Crippen molar-refractivity contribution >= 4 is 27.3 Å². The van der Waals surface area contributed by atoms with Gasteiger partial charge in [-0.3, -0.25) is 9.69 Å². The molecule has 2 fully saturated rings. The van der Waals surface area contributed by atoms with Crippen LogP contribution in [0.1, 0.15) is 63.9 Å². The van der Waals surface area contributed by atoms with Crippen LogP contribution in [-0.4, -0.2) is 71.7 Å². The predicted octanol–water partition coefficient (Wildman–Crippen LogP) is 3.98. The Kier molecular flexibility index (Phi) is 8.08. The van der Waals surface area contributed by atoms with Crippen LogP contribution in [-0.2, 0) is 29.7 Å². The molecule has 0 radical (unpaired) electrons. The summed E-state index contributed by atoms with van der Waals surface area (Å²) in [5, 5.41) is 2.92. The number of sulfonamides is 1. The second kappa shape index (κ2) is 11.4. The lowest BCUT2D eigenvalue weighted by Crippen LogP contribution is -2.34. The number of ether oxygens (including phenoxy) is 1. The van der Waals surface area contributed by atoms with Gasteiger partial charge in [0.2, 0.25) is 15.9 Å². The number of thiazole rings is 1. The Bertz CT molecular complexity index is 1420. The smallest absolute Gasteiger partial charge is 0.275 e. The van der Waals surface area contributed by atoms with Crippen molar-refractivity contribution in [3.05, 3.63) is 57.2 Å². The number of amides is 1. The van der Waals surface area contributed by atoms with Crippen molar-refractivity contribution in [2.24, 2.45) is 0 Å². The van der Waals surface area contributed by atoms with E-state index in [1.165, 1.54) is 23.4 Å². The normalized spacial score (nSPS) is 16.2. The summed E-state index contributed by atoms with van der Waals surface area (Å²) < 4.78 is 39.8. The van der Waals surface area contributed by atoms with Crippen LogP contribution in [0.3, 0.4) is 0 Å². The van der Waals surface area contributed by atoms with E-state index in [-0.39, 0.29) is 35.0 Å². The number of rotatable bonds is 11. The Morgan fingerprint density at radius 3 is 2.49 bits per heavy atom. The van der Waals surface area contributed by atoms with Crippen molar-refractivity contribution in [2.75, 3.05) is 27.2 Å². The Hall–Kier alpha value is -2.80. The number of oxazole rings is 1. The van der Waals surface area contributed by atoms with E-state index < -0.39 is 10.0 Å². The molecule has 1 aliphatic carbocycles. The average molecular weight is 574 g/mol. The monoisotopic (exact) mass is 573 g/mol. The van der Waals surface area contributed by atoms with E-state index >= 15 is 0 Å². The molecule has 1 aromatic carbocycles. The van der Waals surface area contributed by atoms with E-state index in [1.54, 1.807) is 56.4 Å². The summed E-state index contributed by atoms with van der Waals surface area (Å²) >= 11 is 1.55. The van der Waals surface area contributed by atoms with Crippen molar-refractivity contribution in [3.8, 4) is 5.75 Å². The first kappa shape index (κ1) is 27.8. The van der Waals surface area contributed by atoms with Gasteiger partial charge in [-0.15, -0.1) is 11.3 Å². The average Bonchev–Trinajstić information content (AvgIpc) is 3.23. The highest BCUT2D eigenvalue weighted by atomic mass is 32.2. The molecule has 12 heteroatoms. The summed E-state index contributed by atoms with van der Waals surface area (Å²) in [4.78, 5) is 26.4. The molecule has 0 N–H and O–H groups in total. The predicted molar refractivity (Wildman–Crippen MR) is 147 cm³/mol. The van der Waals surface area contributed by atoms with Gasteiger partial charge in [-0.05, 0) is 75.9 Å². The van der Waals surface area contributed by atoms with E-state index in [1.807, 2.05) is 0 Å². The molecule has 0 spiro atoms. The lowest BCUT2D eigenvalue weighted by atomic mass is 10.1. The number of hydrogen-bond acceptors (Lipinski definition) is 9. The van der Waals surface area contributed by atoms with Gasteiger partial charge in [0.05, 0.1) is 30.8 Å². The third-order valence-corrected chi connectivity index (χ3v) is 10.2. The van der Waals surface area contributed by atoms with Gasteiger partial charge in [0, 0.05) is 25.0 Å². The van der Waals surface area contributed by atoms with Crippen LogP contribution in [0.4, 0.5) is 0 Å². The fourth-order valence-electron chi connectivity index (χ4n) is 5.07. The van der Waals surface area contributed by atoms with Gasteiger partial charge in [-0.2, -0.15) is 4.31 Å². The van der Waals surface area contributed by atoms with Gasteiger partial charge < -0.3 is 14.1 Å². The molecule has 3 heterocycles. The summed E-state index contributed by atoms with van der Waals surface area (Å²) in [5.74, 6) is 0.500. The highest BCUT2D eigenvalue weighted by Gasteiger charge is 2.40. The summed E-state index contributed by atoms with van der Waals surface area (Å²) in [6.07, 6.45) is 5.32. The van der Waals surface area contributed by atoms with Crippen LogP contribution in [0.2, 0.25) is 0 Å². The van der Waals surface area contributed by atoms with Crippen LogP contribution < -0.4 is 4.74 Å². The van der Waals surface area contributed by atoms with E-state index in [0.717, 1.165) is 43.2 Å². The first-order valence-electron chi connectivity index (χ1n) is 13.2. The molecule has 0 unspecified atom stereocenters. The van der Waals surface area contributed by atoms with E-state index in [2.05, 4.69) is 15.3 Å². The third-order valence-electron chi connectivity index (χ3n) is 7.16. The van der Waals surface area contributed by atoms with Crippen LogP contribution in [0, 0.1) is 13.8 Å². The summed E-state index contributed by atoms with van der Waals surface area (Å²) in [7, 11) is -0.565. The SMILES string of the molecule is COc1cc(C)c(S(=O)(=O)N(Cc2nc(C(=O)N(C)Cc3nc(CN4CCCC4)cs3)co2)C2CC2)c(C)c1. The summed E-state index contributed by atoms with van der Waals surface area (Å²) in [6.45, 7) is 6.92. The second-order valence-electron chi connectivity index (χ2n) is 10.4. The fraction of sp³-hybridized carbons (Fsp3) is 0.519. The molecule has 10 nitrogen and oxygen atoms in total. The number of benzene rings is 1. The number of nitrogens with zero attached hydrogens (tertiary/aromatic N) is 5. The lowest BCUT2D eigenvalue weighted by molar-refractivity contribution is 0.0779.